The second-order valence-corrected chi connectivity index (χ2v) is 5.06. The first-order valence-electron chi connectivity index (χ1n) is 5.04. The predicted octanol–water partition coefficient (Wildman–Crippen LogP) is 3.71. The van der Waals surface area contributed by atoms with Crippen molar-refractivity contribution in [2.45, 2.75) is 19.4 Å². The minimum atomic E-state index is 0.502. The largest absolute Gasteiger partial charge is 0.317 e. The average Bonchev–Trinajstić information content (AvgIpc) is 2.63. The zero-order valence-electron chi connectivity index (χ0n) is 8.88. The molecule has 2 aromatic rings. The van der Waals surface area contributed by atoms with Crippen molar-refractivity contribution < 1.29 is 0 Å². The van der Waals surface area contributed by atoms with Crippen molar-refractivity contribution in [3.63, 3.8) is 0 Å². The van der Waals surface area contributed by atoms with Gasteiger partial charge in [0, 0.05) is 6.04 Å². The van der Waals surface area contributed by atoms with Crippen molar-refractivity contribution in [3.05, 3.63) is 34.2 Å². The molecule has 0 fully saturated rings. The van der Waals surface area contributed by atoms with Crippen LogP contribution in [0.15, 0.2) is 23.6 Å². The minimum absolute atomic E-state index is 0.502. The molecule has 1 atom stereocenters. The van der Waals surface area contributed by atoms with Crippen molar-refractivity contribution >= 4 is 33.0 Å². The Balaban J connectivity index is 2.41. The molecule has 1 unspecified atom stereocenters. The zero-order chi connectivity index (χ0) is 10.8. The van der Waals surface area contributed by atoms with Crippen LogP contribution in [-0.2, 0) is 6.42 Å². The highest BCUT2D eigenvalue weighted by Crippen LogP contribution is 2.32. The normalized spacial score (nSPS) is 13.3. The van der Waals surface area contributed by atoms with E-state index in [0.29, 0.717) is 6.04 Å². The summed E-state index contributed by atoms with van der Waals surface area (Å²) in [6, 6.07) is 6.62. The third-order valence-corrected chi connectivity index (χ3v) is 4.16. The van der Waals surface area contributed by atoms with E-state index in [1.807, 2.05) is 19.2 Å². The van der Waals surface area contributed by atoms with Gasteiger partial charge in [0.1, 0.15) is 0 Å². The molecule has 0 saturated heterocycles. The summed E-state index contributed by atoms with van der Waals surface area (Å²) in [5.41, 5.74) is 1.39. The van der Waals surface area contributed by atoms with Crippen LogP contribution < -0.4 is 5.32 Å². The lowest BCUT2D eigenvalue weighted by Gasteiger charge is -2.08. The third kappa shape index (κ3) is 2.17. The molecule has 0 aliphatic carbocycles. The maximum atomic E-state index is 6.14. The quantitative estimate of drug-likeness (QED) is 0.861. The second-order valence-electron chi connectivity index (χ2n) is 3.77. The topological polar surface area (TPSA) is 12.0 Å². The Bertz CT molecular complexity index is 464. The number of hydrogen-bond acceptors (Lipinski definition) is 2. The highest BCUT2D eigenvalue weighted by atomic mass is 35.5. The monoisotopic (exact) mass is 239 g/mol. The van der Waals surface area contributed by atoms with Crippen molar-refractivity contribution in [2.24, 2.45) is 0 Å². The van der Waals surface area contributed by atoms with E-state index < -0.39 is 0 Å². The van der Waals surface area contributed by atoms with E-state index in [9.17, 15) is 0 Å². The molecule has 1 N–H and O–H groups in total. The molecule has 2 rings (SSSR count). The van der Waals surface area contributed by atoms with E-state index in [0.717, 1.165) is 11.4 Å². The molecule has 0 radical (unpaired) electrons. The Labute approximate surface area is 99.1 Å². The van der Waals surface area contributed by atoms with E-state index in [1.54, 1.807) is 11.3 Å². The molecular weight excluding hydrogens is 226 g/mol. The van der Waals surface area contributed by atoms with Gasteiger partial charge in [0.15, 0.2) is 0 Å². The molecule has 1 aromatic carbocycles. The molecule has 0 amide bonds. The predicted molar refractivity (Wildman–Crippen MR) is 69.1 cm³/mol. The fraction of sp³-hybridized carbons (Fsp3) is 0.333. The number of nitrogens with one attached hydrogen (secondary N) is 1. The van der Waals surface area contributed by atoms with Gasteiger partial charge in [0.05, 0.1) is 9.72 Å². The lowest BCUT2D eigenvalue weighted by Crippen LogP contribution is -2.23. The molecule has 0 spiro atoms. The molecule has 0 aliphatic rings. The van der Waals surface area contributed by atoms with E-state index in [-0.39, 0.29) is 0 Å². The van der Waals surface area contributed by atoms with Crippen molar-refractivity contribution in [1.29, 1.82) is 0 Å². The Morgan fingerprint density at radius 1 is 1.47 bits per heavy atom. The Kier molecular flexibility index (Phi) is 3.29. The summed E-state index contributed by atoms with van der Waals surface area (Å²) in [6.45, 7) is 2.19. The van der Waals surface area contributed by atoms with Gasteiger partial charge < -0.3 is 5.32 Å². The summed E-state index contributed by atoms with van der Waals surface area (Å²) in [7, 11) is 1.99. The number of hydrogen-bond donors (Lipinski definition) is 1. The standard InChI is InChI=1S/C12H14ClNS/c1-8(14-2)6-9-7-15-12-10(9)4-3-5-11(12)13/h3-5,7-8,14H,6H2,1-2H3. The highest BCUT2D eigenvalue weighted by Gasteiger charge is 2.08. The number of fused-ring (bicyclic) bond motifs is 1. The summed E-state index contributed by atoms with van der Waals surface area (Å²) in [5, 5.41) is 7.63. The number of likely N-dealkylation sites (N-methyl/N-ethyl adjacent to an activating group) is 1. The molecule has 1 aromatic heterocycles. The lowest BCUT2D eigenvalue weighted by molar-refractivity contribution is 0.611. The first-order valence-corrected chi connectivity index (χ1v) is 6.30. The lowest BCUT2D eigenvalue weighted by atomic mass is 10.1. The van der Waals surface area contributed by atoms with Crippen LogP contribution >= 0.6 is 22.9 Å². The van der Waals surface area contributed by atoms with Gasteiger partial charge in [-0.2, -0.15) is 0 Å². The van der Waals surface area contributed by atoms with Gasteiger partial charge in [-0.3, -0.25) is 0 Å². The van der Waals surface area contributed by atoms with Crippen LogP contribution in [0.5, 0.6) is 0 Å². The summed E-state index contributed by atoms with van der Waals surface area (Å²) in [6.07, 6.45) is 1.05. The van der Waals surface area contributed by atoms with Gasteiger partial charge in [-0.25, -0.2) is 0 Å². The SMILES string of the molecule is CNC(C)Cc1csc2c(Cl)cccc12. The maximum absolute atomic E-state index is 6.14. The van der Waals surface area contributed by atoms with Gasteiger partial charge in [-0.05, 0) is 42.8 Å². The van der Waals surface area contributed by atoms with Crippen molar-refractivity contribution in [1.82, 2.24) is 5.32 Å². The Hall–Kier alpha value is -0.570. The first kappa shape index (κ1) is 10.9. The van der Waals surface area contributed by atoms with Gasteiger partial charge in [-0.15, -0.1) is 11.3 Å². The van der Waals surface area contributed by atoms with Crippen molar-refractivity contribution in [3.8, 4) is 0 Å². The van der Waals surface area contributed by atoms with Crippen LogP contribution in [0.2, 0.25) is 5.02 Å². The van der Waals surface area contributed by atoms with E-state index in [4.69, 9.17) is 11.6 Å². The smallest absolute Gasteiger partial charge is 0.0584 e. The van der Waals surface area contributed by atoms with Crippen LogP contribution in [0.1, 0.15) is 12.5 Å². The second kappa shape index (κ2) is 4.52. The molecule has 1 heterocycles. The van der Waals surface area contributed by atoms with Crippen LogP contribution in [0, 0.1) is 0 Å². The molecule has 3 heteroatoms. The molecule has 1 nitrogen and oxygen atoms in total. The number of thiophene rings is 1. The molecule has 15 heavy (non-hydrogen) atoms. The maximum Gasteiger partial charge on any atom is 0.0584 e. The van der Waals surface area contributed by atoms with E-state index in [1.165, 1.54) is 15.6 Å². The first-order chi connectivity index (χ1) is 7.22. The Morgan fingerprint density at radius 2 is 2.27 bits per heavy atom. The van der Waals surface area contributed by atoms with Crippen LogP contribution in [-0.4, -0.2) is 13.1 Å². The summed E-state index contributed by atoms with van der Waals surface area (Å²) < 4.78 is 1.21. The summed E-state index contributed by atoms with van der Waals surface area (Å²) >= 11 is 7.87. The Morgan fingerprint density at radius 3 is 3.00 bits per heavy atom. The summed E-state index contributed by atoms with van der Waals surface area (Å²) in [5.74, 6) is 0. The van der Waals surface area contributed by atoms with Gasteiger partial charge in [-0.1, -0.05) is 23.7 Å². The molecule has 0 aliphatic heterocycles. The zero-order valence-corrected chi connectivity index (χ0v) is 10.5. The summed E-state index contributed by atoms with van der Waals surface area (Å²) in [4.78, 5) is 0. The van der Waals surface area contributed by atoms with Gasteiger partial charge in [0.2, 0.25) is 0 Å². The molecular formula is C12H14ClNS. The highest BCUT2D eigenvalue weighted by molar-refractivity contribution is 7.18. The number of rotatable bonds is 3. The number of halogens is 1. The van der Waals surface area contributed by atoms with Crippen LogP contribution in [0.3, 0.4) is 0 Å². The molecule has 0 bridgehead atoms. The van der Waals surface area contributed by atoms with Gasteiger partial charge in [0.25, 0.3) is 0 Å². The molecule has 0 saturated carbocycles. The third-order valence-electron chi connectivity index (χ3n) is 2.65. The fourth-order valence-corrected chi connectivity index (χ4v) is 2.96. The van der Waals surface area contributed by atoms with Crippen molar-refractivity contribution in [2.75, 3.05) is 7.05 Å². The van der Waals surface area contributed by atoms with E-state index >= 15 is 0 Å². The van der Waals surface area contributed by atoms with Crippen LogP contribution in [0.4, 0.5) is 0 Å². The molecule has 80 valence electrons. The average molecular weight is 240 g/mol. The van der Waals surface area contributed by atoms with E-state index in [2.05, 4.69) is 23.7 Å². The van der Waals surface area contributed by atoms with Crippen LogP contribution in [0.25, 0.3) is 10.1 Å². The fourth-order valence-electron chi connectivity index (χ4n) is 1.67. The number of benzene rings is 1. The minimum Gasteiger partial charge on any atom is -0.317 e. The van der Waals surface area contributed by atoms with Gasteiger partial charge >= 0.3 is 0 Å².